The summed E-state index contributed by atoms with van der Waals surface area (Å²) < 4.78 is 5.34. The Balaban J connectivity index is 2.08. The summed E-state index contributed by atoms with van der Waals surface area (Å²) in [6.45, 7) is 5.50. The molecule has 0 atom stereocenters. The zero-order valence-electron chi connectivity index (χ0n) is 12.2. The van der Waals surface area contributed by atoms with Crippen LogP contribution in [0.2, 0.25) is 0 Å². The van der Waals surface area contributed by atoms with E-state index in [4.69, 9.17) is 10.5 Å². The monoisotopic (exact) mass is 277 g/mol. The molecule has 0 spiro atoms. The van der Waals surface area contributed by atoms with E-state index in [1.54, 1.807) is 25.3 Å². The molecule has 1 heterocycles. The van der Waals surface area contributed by atoms with Gasteiger partial charge >= 0.3 is 0 Å². The van der Waals surface area contributed by atoms with Crippen LogP contribution in [0.15, 0.2) is 18.2 Å². The molecule has 0 unspecified atom stereocenters. The van der Waals surface area contributed by atoms with Gasteiger partial charge in [-0.15, -0.1) is 0 Å². The fraction of sp³-hybridized carbons (Fsp3) is 0.533. The second kappa shape index (κ2) is 6.61. The average molecular weight is 277 g/mol. The van der Waals surface area contributed by atoms with Gasteiger partial charge in [0.15, 0.2) is 0 Å². The SMILES string of the molecule is CCN1CCC(Nc2cc(C(N)=O)ccc2OC)CC1. The van der Waals surface area contributed by atoms with Gasteiger partial charge in [-0.2, -0.15) is 0 Å². The Hall–Kier alpha value is -1.75. The van der Waals surface area contributed by atoms with Crippen molar-refractivity contribution >= 4 is 11.6 Å². The molecular weight excluding hydrogens is 254 g/mol. The molecule has 1 aromatic rings. The summed E-state index contributed by atoms with van der Waals surface area (Å²) in [4.78, 5) is 13.7. The average Bonchev–Trinajstić information content (AvgIpc) is 2.48. The highest BCUT2D eigenvalue weighted by Gasteiger charge is 2.19. The first-order valence-electron chi connectivity index (χ1n) is 7.10. The van der Waals surface area contributed by atoms with Gasteiger partial charge in [0.2, 0.25) is 5.91 Å². The third-order valence-corrected chi connectivity index (χ3v) is 3.88. The largest absolute Gasteiger partial charge is 0.495 e. The van der Waals surface area contributed by atoms with Crippen molar-refractivity contribution in [2.24, 2.45) is 5.73 Å². The van der Waals surface area contributed by atoms with Crippen LogP contribution in [0.5, 0.6) is 5.75 Å². The number of nitrogens with two attached hydrogens (primary N) is 1. The predicted molar refractivity (Wildman–Crippen MR) is 80.3 cm³/mol. The van der Waals surface area contributed by atoms with Crippen LogP contribution in [0, 0.1) is 0 Å². The number of likely N-dealkylation sites (tertiary alicyclic amines) is 1. The summed E-state index contributed by atoms with van der Waals surface area (Å²) in [5.74, 6) is 0.324. The number of primary amides is 1. The van der Waals surface area contributed by atoms with Crippen molar-refractivity contribution in [3.8, 4) is 5.75 Å². The van der Waals surface area contributed by atoms with E-state index < -0.39 is 5.91 Å². The highest BCUT2D eigenvalue weighted by molar-refractivity contribution is 5.94. The van der Waals surface area contributed by atoms with Gasteiger partial charge in [0.05, 0.1) is 12.8 Å². The van der Waals surface area contributed by atoms with Crippen molar-refractivity contribution in [2.45, 2.75) is 25.8 Å². The standard InChI is InChI=1S/C15H23N3O2/c1-3-18-8-6-12(7-9-18)17-13-10-11(15(16)19)4-5-14(13)20-2/h4-5,10,12,17H,3,6-9H2,1-2H3,(H2,16,19). The van der Waals surface area contributed by atoms with Crippen LogP contribution in [0.25, 0.3) is 0 Å². The maximum absolute atomic E-state index is 11.3. The van der Waals surface area contributed by atoms with Crippen LogP contribution in [-0.4, -0.2) is 43.6 Å². The number of benzene rings is 1. The second-order valence-electron chi connectivity index (χ2n) is 5.13. The van der Waals surface area contributed by atoms with Gasteiger partial charge in [-0.1, -0.05) is 6.92 Å². The minimum absolute atomic E-state index is 0.412. The number of piperidine rings is 1. The van der Waals surface area contributed by atoms with Gasteiger partial charge in [0.25, 0.3) is 0 Å². The Labute approximate surface area is 120 Å². The molecule has 1 aromatic carbocycles. The van der Waals surface area contributed by atoms with E-state index in [-0.39, 0.29) is 0 Å². The molecule has 110 valence electrons. The lowest BCUT2D eigenvalue weighted by Crippen LogP contribution is -2.38. The lowest BCUT2D eigenvalue weighted by Gasteiger charge is -2.32. The van der Waals surface area contributed by atoms with Gasteiger partial charge < -0.3 is 20.7 Å². The van der Waals surface area contributed by atoms with Crippen molar-refractivity contribution in [1.82, 2.24) is 4.90 Å². The summed E-state index contributed by atoms with van der Waals surface area (Å²) in [5, 5.41) is 3.48. The number of nitrogens with zero attached hydrogens (tertiary/aromatic N) is 1. The molecule has 1 amide bonds. The zero-order chi connectivity index (χ0) is 14.5. The van der Waals surface area contributed by atoms with Gasteiger partial charge in [-0.05, 0) is 37.6 Å². The molecule has 1 fully saturated rings. The number of methoxy groups -OCH3 is 1. The third kappa shape index (κ3) is 3.42. The summed E-state index contributed by atoms with van der Waals surface area (Å²) >= 11 is 0. The molecule has 0 aromatic heterocycles. The minimum Gasteiger partial charge on any atom is -0.495 e. The fourth-order valence-corrected chi connectivity index (χ4v) is 2.59. The van der Waals surface area contributed by atoms with E-state index in [9.17, 15) is 4.79 Å². The number of anilines is 1. The van der Waals surface area contributed by atoms with Gasteiger partial charge in [0, 0.05) is 24.7 Å². The van der Waals surface area contributed by atoms with E-state index >= 15 is 0 Å². The number of hydrogen-bond donors (Lipinski definition) is 2. The molecule has 1 aliphatic rings. The van der Waals surface area contributed by atoms with Crippen molar-refractivity contribution in [1.29, 1.82) is 0 Å². The van der Waals surface area contributed by atoms with Crippen molar-refractivity contribution in [2.75, 3.05) is 32.1 Å². The molecule has 1 aliphatic heterocycles. The normalized spacial score (nSPS) is 16.9. The molecule has 1 saturated heterocycles. The molecule has 5 heteroatoms. The zero-order valence-corrected chi connectivity index (χ0v) is 12.2. The first kappa shape index (κ1) is 14.7. The molecule has 3 N–H and O–H groups in total. The maximum Gasteiger partial charge on any atom is 0.248 e. The molecular formula is C15H23N3O2. The van der Waals surface area contributed by atoms with Crippen LogP contribution in [0.3, 0.4) is 0 Å². The lowest BCUT2D eigenvalue weighted by molar-refractivity contribution is 0.100. The molecule has 0 aliphatic carbocycles. The van der Waals surface area contributed by atoms with E-state index in [1.807, 2.05) is 0 Å². The quantitative estimate of drug-likeness (QED) is 0.859. The van der Waals surface area contributed by atoms with Crippen LogP contribution in [-0.2, 0) is 0 Å². The molecule has 5 nitrogen and oxygen atoms in total. The van der Waals surface area contributed by atoms with E-state index in [0.717, 1.165) is 43.9 Å². The molecule has 0 radical (unpaired) electrons. The van der Waals surface area contributed by atoms with E-state index in [1.165, 1.54) is 0 Å². The maximum atomic E-state index is 11.3. The Morgan fingerprint density at radius 2 is 2.15 bits per heavy atom. The molecule has 0 saturated carbocycles. The molecule has 20 heavy (non-hydrogen) atoms. The first-order chi connectivity index (χ1) is 9.63. The Morgan fingerprint density at radius 3 is 2.70 bits per heavy atom. The van der Waals surface area contributed by atoms with Crippen LogP contribution >= 0.6 is 0 Å². The summed E-state index contributed by atoms with van der Waals surface area (Å²) in [6, 6.07) is 5.65. The van der Waals surface area contributed by atoms with Crippen molar-refractivity contribution in [3.63, 3.8) is 0 Å². The Morgan fingerprint density at radius 1 is 1.45 bits per heavy atom. The van der Waals surface area contributed by atoms with Crippen molar-refractivity contribution < 1.29 is 9.53 Å². The predicted octanol–water partition coefficient (Wildman–Crippen LogP) is 1.69. The lowest BCUT2D eigenvalue weighted by atomic mass is 10.0. The molecule has 0 bridgehead atoms. The first-order valence-corrected chi connectivity index (χ1v) is 7.10. The number of carbonyl (C=O) groups is 1. The highest BCUT2D eigenvalue weighted by Crippen LogP contribution is 2.27. The van der Waals surface area contributed by atoms with Crippen molar-refractivity contribution in [3.05, 3.63) is 23.8 Å². The van der Waals surface area contributed by atoms with E-state index in [0.29, 0.717) is 11.6 Å². The number of rotatable bonds is 5. The molecule has 2 rings (SSSR count). The number of carbonyl (C=O) groups excluding carboxylic acids is 1. The van der Waals surface area contributed by atoms with Crippen LogP contribution in [0.4, 0.5) is 5.69 Å². The third-order valence-electron chi connectivity index (χ3n) is 3.88. The Kier molecular flexibility index (Phi) is 4.84. The summed E-state index contributed by atoms with van der Waals surface area (Å²) in [5.41, 5.74) is 6.67. The number of ether oxygens (including phenoxy) is 1. The highest BCUT2D eigenvalue weighted by atomic mass is 16.5. The number of amides is 1. The summed E-state index contributed by atoms with van der Waals surface area (Å²) in [7, 11) is 1.63. The topological polar surface area (TPSA) is 67.6 Å². The van der Waals surface area contributed by atoms with E-state index in [2.05, 4.69) is 17.1 Å². The van der Waals surface area contributed by atoms with Gasteiger partial charge in [0.1, 0.15) is 5.75 Å². The van der Waals surface area contributed by atoms with Crippen LogP contribution in [0.1, 0.15) is 30.1 Å². The minimum atomic E-state index is -0.420. The number of hydrogen-bond acceptors (Lipinski definition) is 4. The Bertz CT molecular complexity index is 468. The van der Waals surface area contributed by atoms with Gasteiger partial charge in [-0.25, -0.2) is 0 Å². The number of nitrogens with one attached hydrogen (secondary N) is 1. The summed E-state index contributed by atoms with van der Waals surface area (Å²) in [6.07, 6.45) is 2.19. The van der Waals surface area contributed by atoms with Gasteiger partial charge in [-0.3, -0.25) is 4.79 Å². The fourth-order valence-electron chi connectivity index (χ4n) is 2.59. The second-order valence-corrected chi connectivity index (χ2v) is 5.13. The van der Waals surface area contributed by atoms with Crippen LogP contribution < -0.4 is 15.8 Å². The smallest absolute Gasteiger partial charge is 0.248 e.